The van der Waals surface area contributed by atoms with Gasteiger partial charge in [-0.15, -0.1) is 0 Å². The Balaban J connectivity index is 1.42. The highest BCUT2D eigenvalue weighted by atomic mass is 35.5. The predicted octanol–water partition coefficient (Wildman–Crippen LogP) is 4.70. The number of amides is 1. The zero-order valence-electron chi connectivity index (χ0n) is 18.6. The fourth-order valence-corrected chi connectivity index (χ4v) is 4.38. The molecule has 2 heterocycles. The molecule has 2 aromatic carbocycles. The number of anilines is 2. The maximum absolute atomic E-state index is 14.6. The van der Waals surface area contributed by atoms with E-state index in [0.29, 0.717) is 55.1 Å². The third kappa shape index (κ3) is 5.17. The van der Waals surface area contributed by atoms with Gasteiger partial charge in [-0.2, -0.15) is 0 Å². The van der Waals surface area contributed by atoms with Crippen LogP contribution in [-0.2, 0) is 11.2 Å². The molecule has 0 spiro atoms. The highest BCUT2D eigenvalue weighted by Crippen LogP contribution is 2.37. The molecule has 0 aliphatic carbocycles. The van der Waals surface area contributed by atoms with Crippen LogP contribution in [-0.4, -0.2) is 42.4 Å². The number of halogens is 3. The van der Waals surface area contributed by atoms with E-state index in [0.717, 1.165) is 0 Å². The van der Waals surface area contributed by atoms with Gasteiger partial charge in [0.1, 0.15) is 35.3 Å². The number of hydrogen-bond acceptors (Lipinski definition) is 5. The molecule has 4 rings (SSSR count). The zero-order valence-corrected chi connectivity index (χ0v) is 19.3. The molecule has 2 N–H and O–H groups in total. The number of nitrogens with one attached hydrogen (secondary N) is 1. The molecule has 0 aromatic heterocycles. The molecule has 0 radical (unpaired) electrons. The Morgan fingerprint density at radius 3 is 2.58 bits per heavy atom. The van der Waals surface area contributed by atoms with Crippen LogP contribution in [0.25, 0.3) is 0 Å². The van der Waals surface area contributed by atoms with Gasteiger partial charge in [0.2, 0.25) is 5.91 Å². The lowest BCUT2D eigenvalue weighted by Gasteiger charge is -2.39. The Morgan fingerprint density at radius 2 is 1.88 bits per heavy atom. The Hall–Kier alpha value is -2.58. The van der Waals surface area contributed by atoms with Crippen LogP contribution >= 0.6 is 11.6 Å². The quantitative estimate of drug-likeness (QED) is 0.627. The SMILES string of the molecule is CC(C)Oc1cc(N2CCC(O)(COc3ccc(F)c4c3CCC(=O)N4)CC2)c(F)cc1Cl. The molecule has 0 bridgehead atoms. The van der Waals surface area contributed by atoms with Crippen LogP contribution in [0.2, 0.25) is 5.02 Å². The van der Waals surface area contributed by atoms with Gasteiger partial charge in [0.25, 0.3) is 0 Å². The average molecular weight is 481 g/mol. The Labute approximate surface area is 196 Å². The summed E-state index contributed by atoms with van der Waals surface area (Å²) in [6, 6.07) is 5.60. The van der Waals surface area contributed by atoms with Gasteiger partial charge in [0, 0.05) is 31.1 Å². The summed E-state index contributed by atoms with van der Waals surface area (Å²) in [5.41, 5.74) is -0.00309. The van der Waals surface area contributed by atoms with Crippen molar-refractivity contribution in [2.75, 3.05) is 29.9 Å². The van der Waals surface area contributed by atoms with Crippen molar-refractivity contribution in [1.82, 2.24) is 0 Å². The summed E-state index contributed by atoms with van der Waals surface area (Å²) in [7, 11) is 0. The van der Waals surface area contributed by atoms with Crippen LogP contribution < -0.4 is 19.7 Å². The molecule has 33 heavy (non-hydrogen) atoms. The zero-order chi connectivity index (χ0) is 23.8. The fourth-order valence-electron chi connectivity index (χ4n) is 4.18. The van der Waals surface area contributed by atoms with E-state index in [1.807, 2.05) is 18.7 Å². The molecule has 1 saturated heterocycles. The maximum atomic E-state index is 14.6. The summed E-state index contributed by atoms with van der Waals surface area (Å²) in [6.07, 6.45) is 1.23. The van der Waals surface area contributed by atoms with Crippen molar-refractivity contribution < 1.29 is 28.2 Å². The second kappa shape index (κ2) is 9.35. The van der Waals surface area contributed by atoms with Gasteiger partial charge in [-0.1, -0.05) is 11.6 Å². The third-order valence-electron chi connectivity index (χ3n) is 5.98. The monoisotopic (exact) mass is 480 g/mol. The van der Waals surface area contributed by atoms with Crippen LogP contribution in [0.3, 0.4) is 0 Å². The Kier molecular flexibility index (Phi) is 6.68. The van der Waals surface area contributed by atoms with Crippen LogP contribution in [0.1, 0.15) is 38.7 Å². The number of aliphatic hydroxyl groups is 1. The van der Waals surface area contributed by atoms with Gasteiger partial charge in [-0.25, -0.2) is 8.78 Å². The standard InChI is InChI=1S/C24H27ClF2N2O4/c1-14(2)33-21-12-19(18(27)11-16(21)25)29-9-7-24(31,8-10-29)13-32-20-5-4-17(26)23-15(20)3-6-22(30)28-23/h4-5,11-12,14,31H,3,6-10,13H2,1-2H3,(H,28,30). The molecule has 2 aromatic rings. The summed E-state index contributed by atoms with van der Waals surface area (Å²) in [5.74, 6) is -0.330. The van der Waals surface area contributed by atoms with Crippen molar-refractivity contribution in [1.29, 1.82) is 0 Å². The fraction of sp³-hybridized carbons (Fsp3) is 0.458. The Morgan fingerprint density at radius 1 is 1.15 bits per heavy atom. The minimum atomic E-state index is -1.12. The number of nitrogens with zero attached hydrogens (tertiary/aromatic N) is 1. The van der Waals surface area contributed by atoms with Crippen molar-refractivity contribution in [3.8, 4) is 11.5 Å². The molecule has 6 nitrogen and oxygen atoms in total. The van der Waals surface area contributed by atoms with Gasteiger partial charge in [-0.05, 0) is 51.3 Å². The minimum Gasteiger partial charge on any atom is -0.490 e. The summed E-state index contributed by atoms with van der Waals surface area (Å²) >= 11 is 6.11. The third-order valence-corrected chi connectivity index (χ3v) is 6.28. The summed E-state index contributed by atoms with van der Waals surface area (Å²) < 4.78 is 40.2. The summed E-state index contributed by atoms with van der Waals surface area (Å²) in [4.78, 5) is 13.5. The van der Waals surface area contributed by atoms with Crippen molar-refractivity contribution in [3.63, 3.8) is 0 Å². The van der Waals surface area contributed by atoms with Gasteiger partial charge in [-0.3, -0.25) is 4.79 Å². The molecule has 0 saturated carbocycles. The van der Waals surface area contributed by atoms with Crippen LogP contribution in [0.5, 0.6) is 11.5 Å². The van der Waals surface area contributed by atoms with E-state index >= 15 is 0 Å². The molecule has 2 aliphatic rings. The van der Waals surface area contributed by atoms with E-state index < -0.39 is 17.2 Å². The largest absolute Gasteiger partial charge is 0.490 e. The van der Waals surface area contributed by atoms with E-state index in [-0.39, 0.29) is 35.7 Å². The highest BCUT2D eigenvalue weighted by molar-refractivity contribution is 6.32. The number of rotatable bonds is 6. The van der Waals surface area contributed by atoms with Gasteiger partial charge >= 0.3 is 0 Å². The van der Waals surface area contributed by atoms with Crippen molar-refractivity contribution in [2.45, 2.75) is 51.2 Å². The number of hydrogen-bond donors (Lipinski definition) is 2. The van der Waals surface area contributed by atoms with E-state index in [1.165, 1.54) is 18.2 Å². The molecular weight excluding hydrogens is 454 g/mol. The van der Waals surface area contributed by atoms with E-state index in [9.17, 15) is 18.7 Å². The van der Waals surface area contributed by atoms with E-state index in [1.54, 1.807) is 6.07 Å². The van der Waals surface area contributed by atoms with E-state index in [4.69, 9.17) is 21.1 Å². The number of carbonyl (C=O) groups excluding carboxylic acids is 1. The predicted molar refractivity (Wildman–Crippen MR) is 122 cm³/mol. The number of ether oxygens (including phenoxy) is 2. The number of carbonyl (C=O) groups is 1. The summed E-state index contributed by atoms with van der Waals surface area (Å²) in [6.45, 7) is 4.57. The smallest absolute Gasteiger partial charge is 0.224 e. The maximum Gasteiger partial charge on any atom is 0.224 e. The van der Waals surface area contributed by atoms with Crippen LogP contribution in [0, 0.1) is 11.6 Å². The molecule has 178 valence electrons. The van der Waals surface area contributed by atoms with Crippen LogP contribution in [0.4, 0.5) is 20.2 Å². The second-order valence-electron chi connectivity index (χ2n) is 8.85. The van der Waals surface area contributed by atoms with Crippen LogP contribution in [0.15, 0.2) is 24.3 Å². The first-order valence-electron chi connectivity index (χ1n) is 11.0. The average Bonchev–Trinajstić information content (AvgIpc) is 2.76. The van der Waals surface area contributed by atoms with Crippen molar-refractivity contribution in [3.05, 3.63) is 46.5 Å². The van der Waals surface area contributed by atoms with Crippen molar-refractivity contribution >= 4 is 28.9 Å². The first-order chi connectivity index (χ1) is 15.6. The topological polar surface area (TPSA) is 71.0 Å². The molecule has 9 heteroatoms. The number of piperidine rings is 1. The van der Waals surface area contributed by atoms with E-state index in [2.05, 4.69) is 5.32 Å². The van der Waals surface area contributed by atoms with Gasteiger partial charge < -0.3 is 24.8 Å². The minimum absolute atomic E-state index is 0.0116. The molecule has 0 unspecified atom stereocenters. The van der Waals surface area contributed by atoms with Gasteiger partial charge in [0.05, 0.1) is 22.5 Å². The molecule has 1 fully saturated rings. The van der Waals surface area contributed by atoms with Crippen molar-refractivity contribution in [2.24, 2.45) is 0 Å². The Bertz CT molecular complexity index is 1060. The molecular formula is C24H27ClF2N2O4. The lowest BCUT2D eigenvalue weighted by molar-refractivity contribution is -0.116. The number of benzene rings is 2. The molecule has 0 atom stereocenters. The van der Waals surface area contributed by atoms with Gasteiger partial charge in [0.15, 0.2) is 0 Å². The lowest BCUT2D eigenvalue weighted by Crippen LogP contribution is -2.48. The first kappa shape index (κ1) is 23.6. The second-order valence-corrected chi connectivity index (χ2v) is 9.26. The molecule has 1 amide bonds. The highest BCUT2D eigenvalue weighted by Gasteiger charge is 2.35. The first-order valence-corrected chi connectivity index (χ1v) is 11.4. The summed E-state index contributed by atoms with van der Waals surface area (Å²) in [5, 5.41) is 13.8. The lowest BCUT2D eigenvalue weighted by atomic mass is 9.92. The number of fused-ring (bicyclic) bond motifs is 1. The normalized spacial score (nSPS) is 17.5. The molecule has 2 aliphatic heterocycles.